The number of hydrogen-bond acceptors (Lipinski definition) is 1. The third kappa shape index (κ3) is 3.19. The molecule has 106 valence electrons. The van der Waals surface area contributed by atoms with Gasteiger partial charge in [-0.2, -0.15) is 0 Å². The molecular formula is C14H10Cl5N. The van der Waals surface area contributed by atoms with Gasteiger partial charge in [-0.25, -0.2) is 0 Å². The van der Waals surface area contributed by atoms with Gasteiger partial charge >= 0.3 is 0 Å². The first-order valence-corrected chi connectivity index (χ1v) is 7.61. The van der Waals surface area contributed by atoms with Crippen molar-refractivity contribution in [3.63, 3.8) is 0 Å². The van der Waals surface area contributed by atoms with Crippen LogP contribution < -0.4 is 5.32 Å². The number of halogens is 5. The molecule has 6 heteroatoms. The smallest absolute Gasteiger partial charge is 0.0686 e. The van der Waals surface area contributed by atoms with E-state index in [9.17, 15) is 0 Å². The van der Waals surface area contributed by atoms with Crippen LogP contribution in [0.1, 0.15) is 5.56 Å². The van der Waals surface area contributed by atoms with Gasteiger partial charge in [0, 0.05) is 17.1 Å². The summed E-state index contributed by atoms with van der Waals surface area (Å²) in [5, 5.41) is 5.20. The Hall–Kier alpha value is -0.150. The lowest BCUT2D eigenvalue weighted by atomic mass is 10.0. The molecule has 1 N–H and O–H groups in total. The number of rotatable bonds is 3. The molecule has 20 heavy (non-hydrogen) atoms. The van der Waals surface area contributed by atoms with Gasteiger partial charge in [-0.15, -0.1) is 0 Å². The zero-order chi connectivity index (χ0) is 14.9. The molecule has 1 nitrogen and oxygen atoms in total. The molecule has 0 aliphatic rings. The van der Waals surface area contributed by atoms with Crippen LogP contribution in [0.4, 0.5) is 0 Å². The highest BCUT2D eigenvalue weighted by atomic mass is 35.5. The first-order valence-electron chi connectivity index (χ1n) is 5.72. The molecule has 0 aliphatic heterocycles. The van der Waals surface area contributed by atoms with Gasteiger partial charge in [0.05, 0.1) is 20.1 Å². The zero-order valence-corrected chi connectivity index (χ0v) is 14.2. The molecule has 2 aromatic carbocycles. The van der Waals surface area contributed by atoms with Crippen LogP contribution in [0.25, 0.3) is 11.1 Å². The fraction of sp³-hybridized carbons (Fsp3) is 0.143. The molecule has 0 saturated heterocycles. The zero-order valence-electron chi connectivity index (χ0n) is 10.4. The number of hydrogen-bond donors (Lipinski definition) is 1. The van der Waals surface area contributed by atoms with Crippen LogP contribution in [-0.4, -0.2) is 7.05 Å². The molecule has 0 radical (unpaired) electrons. The normalized spacial score (nSPS) is 10.9. The molecule has 0 aliphatic carbocycles. The summed E-state index contributed by atoms with van der Waals surface area (Å²) in [5.41, 5.74) is 2.37. The van der Waals surface area contributed by atoms with Gasteiger partial charge < -0.3 is 5.32 Å². The Balaban J connectivity index is 2.65. The Bertz CT molecular complexity index is 628. The van der Waals surface area contributed by atoms with E-state index in [2.05, 4.69) is 5.32 Å². The van der Waals surface area contributed by atoms with Crippen LogP contribution >= 0.6 is 58.0 Å². The lowest BCUT2D eigenvalue weighted by Gasteiger charge is -2.13. The molecule has 0 bridgehead atoms. The minimum absolute atomic E-state index is 0.362. The fourth-order valence-electron chi connectivity index (χ4n) is 1.88. The van der Waals surface area contributed by atoms with E-state index in [1.165, 1.54) is 6.07 Å². The molecule has 0 heterocycles. The summed E-state index contributed by atoms with van der Waals surface area (Å²) in [6.45, 7) is 0.635. The van der Waals surface area contributed by atoms with E-state index in [1.807, 2.05) is 19.2 Å². The van der Waals surface area contributed by atoms with Crippen LogP contribution in [-0.2, 0) is 6.54 Å². The lowest BCUT2D eigenvalue weighted by molar-refractivity contribution is 0.818. The maximum atomic E-state index is 6.25. The minimum atomic E-state index is 0.362. The molecule has 0 spiro atoms. The van der Waals surface area contributed by atoms with Crippen molar-refractivity contribution in [2.75, 3.05) is 7.05 Å². The molecule has 0 saturated carbocycles. The van der Waals surface area contributed by atoms with E-state index in [1.54, 1.807) is 6.07 Å². The van der Waals surface area contributed by atoms with Gasteiger partial charge in [0.15, 0.2) is 0 Å². The lowest BCUT2D eigenvalue weighted by Crippen LogP contribution is -2.05. The van der Waals surface area contributed by atoms with E-state index in [0.717, 1.165) is 11.1 Å². The molecule has 0 atom stereocenters. The van der Waals surface area contributed by atoms with E-state index in [4.69, 9.17) is 58.0 Å². The molecule has 0 aromatic heterocycles. The summed E-state index contributed by atoms with van der Waals surface area (Å²) < 4.78 is 0. The summed E-state index contributed by atoms with van der Waals surface area (Å²) in [5.74, 6) is 0. The van der Waals surface area contributed by atoms with Crippen molar-refractivity contribution in [2.24, 2.45) is 0 Å². The number of benzene rings is 2. The average Bonchev–Trinajstić information content (AvgIpc) is 2.40. The second-order valence-electron chi connectivity index (χ2n) is 4.18. The standard InChI is InChI=1S/C14H10Cl5N/c1-20-6-8-4-7(2-3-9(8)15)12-13(18)10(16)5-11(17)14(12)19/h2-5,20H,6H2,1H3. The summed E-state index contributed by atoms with van der Waals surface area (Å²) >= 11 is 30.8. The third-order valence-electron chi connectivity index (χ3n) is 2.81. The van der Waals surface area contributed by atoms with E-state index in [0.29, 0.717) is 37.2 Å². The maximum absolute atomic E-state index is 6.25. The van der Waals surface area contributed by atoms with Crippen LogP contribution in [0.2, 0.25) is 25.1 Å². The summed E-state index contributed by atoms with van der Waals surface area (Å²) in [6, 6.07) is 7.08. The summed E-state index contributed by atoms with van der Waals surface area (Å²) in [7, 11) is 1.85. The predicted molar refractivity (Wildman–Crippen MR) is 89.7 cm³/mol. The van der Waals surface area contributed by atoms with Gasteiger partial charge in [-0.1, -0.05) is 64.1 Å². The third-order valence-corrected chi connectivity index (χ3v) is 4.76. The highest BCUT2D eigenvalue weighted by molar-refractivity contribution is 6.50. The van der Waals surface area contributed by atoms with Gasteiger partial charge in [0.25, 0.3) is 0 Å². The van der Waals surface area contributed by atoms with Gasteiger partial charge in [0.2, 0.25) is 0 Å². The van der Waals surface area contributed by atoms with E-state index >= 15 is 0 Å². The molecule has 2 aromatic rings. The molecule has 0 amide bonds. The van der Waals surface area contributed by atoms with Gasteiger partial charge in [-0.3, -0.25) is 0 Å². The fourth-order valence-corrected chi connectivity index (χ4v) is 3.09. The first-order chi connectivity index (χ1) is 9.45. The average molecular weight is 370 g/mol. The van der Waals surface area contributed by atoms with E-state index < -0.39 is 0 Å². The predicted octanol–water partition coefficient (Wildman–Crippen LogP) is 6.34. The quantitative estimate of drug-likeness (QED) is 0.623. The van der Waals surface area contributed by atoms with Crippen molar-refractivity contribution in [1.29, 1.82) is 0 Å². The van der Waals surface area contributed by atoms with Gasteiger partial charge in [-0.05, 0) is 36.4 Å². The summed E-state index contributed by atoms with van der Waals surface area (Å²) in [4.78, 5) is 0. The van der Waals surface area contributed by atoms with Gasteiger partial charge in [0.1, 0.15) is 0 Å². The van der Waals surface area contributed by atoms with Crippen LogP contribution in [0, 0.1) is 0 Å². The van der Waals surface area contributed by atoms with Crippen molar-refractivity contribution >= 4 is 58.0 Å². The largest absolute Gasteiger partial charge is 0.316 e. The van der Waals surface area contributed by atoms with Crippen molar-refractivity contribution in [1.82, 2.24) is 5.32 Å². The van der Waals surface area contributed by atoms with Crippen LogP contribution in [0.15, 0.2) is 24.3 Å². The molecule has 2 rings (SSSR count). The Morgan fingerprint density at radius 2 is 1.45 bits per heavy atom. The maximum Gasteiger partial charge on any atom is 0.0686 e. The minimum Gasteiger partial charge on any atom is -0.316 e. The van der Waals surface area contributed by atoms with Crippen molar-refractivity contribution in [3.8, 4) is 11.1 Å². The Morgan fingerprint density at radius 1 is 0.850 bits per heavy atom. The second-order valence-corrected chi connectivity index (χ2v) is 6.16. The Kier molecular flexibility index (Phi) is 5.47. The van der Waals surface area contributed by atoms with Crippen LogP contribution in [0.3, 0.4) is 0 Å². The van der Waals surface area contributed by atoms with Crippen molar-refractivity contribution < 1.29 is 0 Å². The SMILES string of the molecule is CNCc1cc(-c2c(Cl)c(Cl)cc(Cl)c2Cl)ccc1Cl. The van der Waals surface area contributed by atoms with Crippen molar-refractivity contribution in [3.05, 3.63) is 54.9 Å². The molecular weight excluding hydrogens is 359 g/mol. The Morgan fingerprint density at radius 3 is 2.00 bits per heavy atom. The first kappa shape index (κ1) is 16.2. The highest BCUT2D eigenvalue weighted by Crippen LogP contribution is 2.43. The second kappa shape index (κ2) is 6.74. The monoisotopic (exact) mass is 367 g/mol. The van der Waals surface area contributed by atoms with Crippen LogP contribution in [0.5, 0.6) is 0 Å². The summed E-state index contributed by atoms with van der Waals surface area (Å²) in [6.07, 6.45) is 0. The topological polar surface area (TPSA) is 12.0 Å². The molecule has 0 unspecified atom stereocenters. The van der Waals surface area contributed by atoms with E-state index in [-0.39, 0.29) is 0 Å². The highest BCUT2D eigenvalue weighted by Gasteiger charge is 2.16. The molecule has 0 fully saturated rings. The van der Waals surface area contributed by atoms with Crippen molar-refractivity contribution in [2.45, 2.75) is 6.54 Å². The number of nitrogens with one attached hydrogen (secondary N) is 1. The Labute approximate surface area is 142 Å².